The first-order chi connectivity index (χ1) is 6.93. The van der Waals surface area contributed by atoms with Gasteiger partial charge in [-0.1, -0.05) is 6.07 Å². The molecular formula is C10H10O4S. The quantitative estimate of drug-likeness (QED) is 0.778. The van der Waals surface area contributed by atoms with E-state index >= 15 is 0 Å². The zero-order valence-corrected chi connectivity index (χ0v) is 8.91. The molecule has 0 aliphatic carbocycles. The Balaban J connectivity index is 2.65. The number of aromatic carboxylic acids is 1. The van der Waals surface area contributed by atoms with Gasteiger partial charge in [-0.25, -0.2) is 13.2 Å². The lowest BCUT2D eigenvalue weighted by Crippen LogP contribution is -2.11. The van der Waals surface area contributed by atoms with Crippen molar-refractivity contribution >= 4 is 15.8 Å². The number of benzene rings is 1. The first-order valence-electron chi connectivity index (χ1n) is 4.53. The van der Waals surface area contributed by atoms with Gasteiger partial charge in [-0.05, 0) is 31.0 Å². The minimum Gasteiger partial charge on any atom is -0.478 e. The molecule has 1 aromatic rings. The Morgan fingerprint density at radius 3 is 2.73 bits per heavy atom. The summed E-state index contributed by atoms with van der Waals surface area (Å²) in [6.07, 6.45) is 0.470. The van der Waals surface area contributed by atoms with Gasteiger partial charge in [0.2, 0.25) is 0 Å². The standard InChI is InChI=1S/C10H10O4S/c1-6-4-7-2-3-8(10(11)12)5-9(7)15(6,13)14/h2-3,5-6H,4H2,1H3,(H,11,12). The first kappa shape index (κ1) is 10.2. The second-order valence-corrected chi connectivity index (χ2v) is 6.02. The number of hydrogen-bond donors (Lipinski definition) is 1. The molecule has 5 heteroatoms. The lowest BCUT2D eigenvalue weighted by molar-refractivity contribution is 0.0696. The van der Waals surface area contributed by atoms with Crippen molar-refractivity contribution in [3.63, 3.8) is 0 Å². The van der Waals surface area contributed by atoms with Crippen molar-refractivity contribution in [1.82, 2.24) is 0 Å². The minimum absolute atomic E-state index is 0.0198. The molecule has 1 heterocycles. The molecule has 0 radical (unpaired) electrons. The maximum atomic E-state index is 11.8. The van der Waals surface area contributed by atoms with E-state index in [2.05, 4.69) is 0 Å². The summed E-state index contributed by atoms with van der Waals surface area (Å²) in [7, 11) is -3.30. The highest BCUT2D eigenvalue weighted by atomic mass is 32.2. The highest BCUT2D eigenvalue weighted by molar-refractivity contribution is 7.92. The maximum Gasteiger partial charge on any atom is 0.335 e. The first-order valence-corrected chi connectivity index (χ1v) is 6.07. The van der Waals surface area contributed by atoms with Gasteiger partial charge in [0, 0.05) is 0 Å². The lowest BCUT2D eigenvalue weighted by Gasteiger charge is -2.01. The fourth-order valence-corrected chi connectivity index (χ4v) is 3.40. The number of carboxylic acid groups (broad SMARTS) is 1. The van der Waals surface area contributed by atoms with Crippen molar-refractivity contribution in [1.29, 1.82) is 0 Å². The highest BCUT2D eigenvalue weighted by Gasteiger charge is 2.34. The average molecular weight is 226 g/mol. The van der Waals surface area contributed by atoms with Crippen molar-refractivity contribution in [2.75, 3.05) is 0 Å². The predicted molar refractivity (Wildman–Crippen MR) is 53.8 cm³/mol. The number of carboxylic acids is 1. The van der Waals surface area contributed by atoms with Crippen LogP contribution in [-0.2, 0) is 16.3 Å². The summed E-state index contributed by atoms with van der Waals surface area (Å²) in [6, 6.07) is 4.27. The van der Waals surface area contributed by atoms with E-state index in [0.29, 0.717) is 12.0 Å². The Morgan fingerprint density at radius 1 is 1.47 bits per heavy atom. The summed E-state index contributed by atoms with van der Waals surface area (Å²) >= 11 is 0. The molecule has 4 nitrogen and oxygen atoms in total. The van der Waals surface area contributed by atoms with E-state index in [-0.39, 0.29) is 10.5 Å². The molecule has 0 amide bonds. The lowest BCUT2D eigenvalue weighted by atomic mass is 10.1. The Kier molecular flexibility index (Phi) is 2.08. The molecule has 0 bridgehead atoms. The third-order valence-electron chi connectivity index (χ3n) is 2.66. The molecule has 0 spiro atoms. The summed E-state index contributed by atoms with van der Waals surface area (Å²) in [4.78, 5) is 10.9. The van der Waals surface area contributed by atoms with Gasteiger partial charge in [0.05, 0.1) is 15.7 Å². The zero-order chi connectivity index (χ0) is 11.2. The van der Waals surface area contributed by atoms with Crippen LogP contribution in [0.15, 0.2) is 23.1 Å². The Labute approximate surface area is 87.5 Å². The summed E-state index contributed by atoms with van der Waals surface area (Å²) in [5.74, 6) is -1.10. The van der Waals surface area contributed by atoms with Gasteiger partial charge in [0.1, 0.15) is 0 Å². The molecule has 1 aliphatic rings. The monoisotopic (exact) mass is 226 g/mol. The second kappa shape index (κ2) is 3.06. The van der Waals surface area contributed by atoms with Crippen LogP contribution in [0, 0.1) is 0 Å². The molecule has 1 aliphatic heterocycles. The summed E-state index contributed by atoms with van der Waals surface area (Å²) < 4.78 is 23.5. The van der Waals surface area contributed by atoms with Crippen LogP contribution in [0.25, 0.3) is 0 Å². The maximum absolute atomic E-state index is 11.8. The molecule has 0 fully saturated rings. The predicted octanol–water partition coefficient (Wildman–Crippen LogP) is 1.10. The fraction of sp³-hybridized carbons (Fsp3) is 0.300. The SMILES string of the molecule is CC1Cc2ccc(C(=O)O)cc2S1(=O)=O. The molecule has 80 valence electrons. The van der Waals surface area contributed by atoms with Gasteiger partial charge in [-0.15, -0.1) is 0 Å². The molecule has 1 atom stereocenters. The van der Waals surface area contributed by atoms with E-state index < -0.39 is 21.1 Å². The van der Waals surface area contributed by atoms with Crippen LogP contribution < -0.4 is 0 Å². The highest BCUT2D eigenvalue weighted by Crippen LogP contribution is 2.31. The Hall–Kier alpha value is -1.36. The molecule has 1 N–H and O–H groups in total. The van der Waals surface area contributed by atoms with Gasteiger partial charge in [0.15, 0.2) is 9.84 Å². The van der Waals surface area contributed by atoms with Crippen LogP contribution in [0.3, 0.4) is 0 Å². The van der Waals surface area contributed by atoms with Crippen LogP contribution in [0.4, 0.5) is 0 Å². The molecule has 1 aromatic carbocycles. The van der Waals surface area contributed by atoms with E-state index in [9.17, 15) is 13.2 Å². The minimum atomic E-state index is -3.30. The number of hydrogen-bond acceptors (Lipinski definition) is 3. The van der Waals surface area contributed by atoms with Crippen LogP contribution in [-0.4, -0.2) is 24.7 Å². The average Bonchev–Trinajstić information content (AvgIpc) is 2.38. The smallest absolute Gasteiger partial charge is 0.335 e. The normalized spacial score (nSPS) is 22.3. The van der Waals surface area contributed by atoms with Gasteiger partial charge >= 0.3 is 5.97 Å². The van der Waals surface area contributed by atoms with E-state index in [4.69, 9.17) is 5.11 Å². The van der Waals surface area contributed by atoms with Crippen molar-refractivity contribution in [2.45, 2.75) is 23.5 Å². The molecule has 15 heavy (non-hydrogen) atoms. The Morgan fingerprint density at radius 2 is 2.13 bits per heavy atom. The van der Waals surface area contributed by atoms with Crippen molar-refractivity contribution in [3.8, 4) is 0 Å². The van der Waals surface area contributed by atoms with Crippen molar-refractivity contribution in [3.05, 3.63) is 29.3 Å². The van der Waals surface area contributed by atoms with Crippen LogP contribution in [0.1, 0.15) is 22.8 Å². The number of rotatable bonds is 1. The van der Waals surface area contributed by atoms with Crippen LogP contribution >= 0.6 is 0 Å². The van der Waals surface area contributed by atoms with E-state index in [0.717, 1.165) is 0 Å². The second-order valence-electron chi connectivity index (χ2n) is 3.69. The van der Waals surface area contributed by atoms with E-state index in [1.165, 1.54) is 12.1 Å². The molecular weight excluding hydrogens is 216 g/mol. The summed E-state index contributed by atoms with van der Waals surface area (Å²) in [5.41, 5.74) is 0.735. The molecule has 0 saturated heterocycles. The fourth-order valence-electron chi connectivity index (χ4n) is 1.76. The molecule has 1 unspecified atom stereocenters. The summed E-state index contributed by atoms with van der Waals surface area (Å²) in [6.45, 7) is 1.63. The number of sulfone groups is 1. The summed E-state index contributed by atoms with van der Waals surface area (Å²) in [5, 5.41) is 8.31. The van der Waals surface area contributed by atoms with Gasteiger partial charge in [-0.3, -0.25) is 0 Å². The Bertz CT molecular complexity index is 530. The van der Waals surface area contributed by atoms with Crippen molar-refractivity contribution in [2.24, 2.45) is 0 Å². The molecule has 0 aromatic heterocycles. The largest absolute Gasteiger partial charge is 0.478 e. The molecule has 2 rings (SSSR count). The zero-order valence-electron chi connectivity index (χ0n) is 8.10. The number of carbonyl (C=O) groups is 1. The van der Waals surface area contributed by atoms with E-state index in [1.54, 1.807) is 13.0 Å². The van der Waals surface area contributed by atoms with Gasteiger partial charge < -0.3 is 5.11 Å². The van der Waals surface area contributed by atoms with Gasteiger partial charge in [-0.2, -0.15) is 0 Å². The van der Waals surface area contributed by atoms with Crippen LogP contribution in [0.5, 0.6) is 0 Å². The third-order valence-corrected chi connectivity index (χ3v) is 4.88. The van der Waals surface area contributed by atoms with Gasteiger partial charge in [0.25, 0.3) is 0 Å². The van der Waals surface area contributed by atoms with E-state index in [1.807, 2.05) is 0 Å². The molecule has 0 saturated carbocycles. The topological polar surface area (TPSA) is 71.4 Å². The van der Waals surface area contributed by atoms with Crippen molar-refractivity contribution < 1.29 is 18.3 Å². The third kappa shape index (κ3) is 1.43. The van der Waals surface area contributed by atoms with Crippen LogP contribution in [0.2, 0.25) is 0 Å². The number of fused-ring (bicyclic) bond motifs is 1.